The first kappa shape index (κ1) is 8.34. The maximum absolute atomic E-state index is 5.33. The van der Waals surface area contributed by atoms with Crippen molar-refractivity contribution in [2.45, 2.75) is 0 Å². The van der Waals surface area contributed by atoms with Crippen LogP contribution in [-0.2, 0) is 0 Å². The van der Waals surface area contributed by atoms with Gasteiger partial charge in [-0.05, 0) is 17.4 Å². The lowest BCUT2D eigenvalue weighted by molar-refractivity contribution is 0.411. The van der Waals surface area contributed by atoms with Crippen LogP contribution in [0.1, 0.15) is 0 Å². The number of hydrogen-bond donors (Lipinski definition) is 0. The van der Waals surface area contributed by atoms with Gasteiger partial charge in [0.15, 0.2) is 0 Å². The van der Waals surface area contributed by atoms with Gasteiger partial charge < -0.3 is 4.74 Å². The maximum Gasteiger partial charge on any atom is 0.134 e. The van der Waals surface area contributed by atoms with E-state index in [2.05, 4.69) is 30.0 Å². The minimum Gasteiger partial charge on any atom is -0.495 e. The topological polar surface area (TPSA) is 9.23 Å². The first-order valence-electron chi connectivity index (χ1n) is 4.93. The van der Waals surface area contributed by atoms with Gasteiger partial charge in [-0.15, -0.1) is 0 Å². The van der Waals surface area contributed by atoms with Gasteiger partial charge in [-0.1, -0.05) is 36.1 Å². The molecule has 1 aliphatic rings. The third-order valence-electron chi connectivity index (χ3n) is 2.72. The molecule has 2 aromatic carbocycles. The predicted octanol–water partition coefficient (Wildman–Crippen LogP) is 1.05. The molecule has 3 rings (SSSR count). The lowest BCUT2D eigenvalue weighted by Gasteiger charge is -1.97. The Morgan fingerprint density at radius 3 is 2.60 bits per heavy atom. The van der Waals surface area contributed by atoms with Gasteiger partial charge in [0.25, 0.3) is 0 Å². The standard InChI is InChI=1S/C14H10O/c1-15-14-8-4-7-12-11-6-3-2-5-10(11)9-13(12)14/h2-8H,1H3. The summed E-state index contributed by atoms with van der Waals surface area (Å²) in [6.07, 6.45) is 0. The molecule has 0 aliphatic heterocycles. The van der Waals surface area contributed by atoms with Gasteiger partial charge in [-0.3, -0.25) is 0 Å². The van der Waals surface area contributed by atoms with Crippen molar-refractivity contribution in [3.8, 4) is 5.75 Å². The van der Waals surface area contributed by atoms with Crippen molar-refractivity contribution in [1.82, 2.24) is 0 Å². The Kier molecular flexibility index (Phi) is 1.67. The Bertz CT molecular complexity index is 738. The van der Waals surface area contributed by atoms with Crippen LogP contribution in [0, 0.1) is 10.4 Å². The molecule has 0 unspecified atom stereocenters. The van der Waals surface area contributed by atoms with Crippen LogP contribution in [0.25, 0.3) is 5.73 Å². The average Bonchev–Trinajstić information content (AvgIpc) is 2.67. The zero-order valence-electron chi connectivity index (χ0n) is 8.45. The Labute approximate surface area is 87.3 Å². The van der Waals surface area contributed by atoms with E-state index in [1.165, 1.54) is 10.4 Å². The van der Waals surface area contributed by atoms with Crippen LogP contribution in [0.3, 0.4) is 0 Å². The molecule has 0 amide bonds. The highest BCUT2D eigenvalue weighted by atomic mass is 16.5. The van der Waals surface area contributed by atoms with Crippen molar-refractivity contribution in [3.63, 3.8) is 0 Å². The van der Waals surface area contributed by atoms with Gasteiger partial charge in [0.05, 0.1) is 12.3 Å². The fourth-order valence-corrected chi connectivity index (χ4v) is 2.02. The number of fused-ring (bicyclic) bond motifs is 2. The number of rotatable bonds is 1. The van der Waals surface area contributed by atoms with Crippen molar-refractivity contribution in [2.24, 2.45) is 0 Å². The summed E-state index contributed by atoms with van der Waals surface area (Å²) < 4.78 is 5.33. The number of hydrogen-bond acceptors (Lipinski definition) is 1. The Hall–Kier alpha value is -1.98. The fraction of sp³-hybridized carbons (Fsp3) is 0.0714. The van der Waals surface area contributed by atoms with E-state index in [9.17, 15) is 0 Å². The first-order chi connectivity index (χ1) is 7.40. The van der Waals surface area contributed by atoms with Gasteiger partial charge in [-0.25, -0.2) is 0 Å². The van der Waals surface area contributed by atoms with Crippen molar-refractivity contribution >= 4 is 5.73 Å². The second-order valence-corrected chi connectivity index (χ2v) is 3.55. The maximum atomic E-state index is 5.33. The molecule has 0 N–H and O–H groups in total. The molecule has 0 bridgehead atoms. The zero-order chi connectivity index (χ0) is 10.3. The number of ether oxygens (including phenoxy) is 1. The van der Waals surface area contributed by atoms with Crippen molar-refractivity contribution in [1.29, 1.82) is 0 Å². The molecule has 1 nitrogen and oxygen atoms in total. The highest BCUT2D eigenvalue weighted by Crippen LogP contribution is 2.03. The summed E-state index contributed by atoms with van der Waals surface area (Å²) in [5.74, 6) is 0.892. The Morgan fingerprint density at radius 1 is 0.933 bits per heavy atom. The molecule has 0 heterocycles. The van der Waals surface area contributed by atoms with Crippen LogP contribution in [0.15, 0.2) is 42.5 Å². The largest absolute Gasteiger partial charge is 0.495 e. The normalized spacial score (nSPS) is 11.0. The van der Waals surface area contributed by atoms with Gasteiger partial charge in [0.2, 0.25) is 0 Å². The summed E-state index contributed by atoms with van der Waals surface area (Å²) in [5, 5.41) is 4.68. The lowest BCUT2D eigenvalue weighted by atomic mass is 10.2. The smallest absolute Gasteiger partial charge is 0.134 e. The number of methoxy groups -OCH3 is 1. The number of benzene rings is 2. The van der Waals surface area contributed by atoms with E-state index >= 15 is 0 Å². The van der Waals surface area contributed by atoms with Gasteiger partial charge in [0.1, 0.15) is 5.75 Å². The van der Waals surface area contributed by atoms with E-state index in [0.717, 1.165) is 16.2 Å². The molecule has 0 atom stereocenters. The molecule has 1 heteroatoms. The molecule has 0 aromatic heterocycles. The van der Waals surface area contributed by atoms with Crippen LogP contribution in [0.2, 0.25) is 0 Å². The van der Waals surface area contributed by atoms with E-state index in [1.807, 2.05) is 18.2 Å². The summed E-state index contributed by atoms with van der Waals surface area (Å²) in [4.78, 5) is 0. The quantitative estimate of drug-likeness (QED) is 0.562. The van der Waals surface area contributed by atoms with Gasteiger partial charge in [-0.2, -0.15) is 0 Å². The van der Waals surface area contributed by atoms with Crippen molar-refractivity contribution in [2.75, 3.05) is 7.11 Å². The highest BCUT2D eigenvalue weighted by Gasteiger charge is 2.00. The van der Waals surface area contributed by atoms with Crippen LogP contribution in [0.4, 0.5) is 0 Å². The molecule has 0 saturated heterocycles. The van der Waals surface area contributed by atoms with E-state index < -0.39 is 0 Å². The fourth-order valence-electron chi connectivity index (χ4n) is 2.02. The molecule has 1 aliphatic carbocycles. The summed E-state index contributed by atoms with van der Waals surface area (Å²) in [6, 6.07) is 14.4. The molecular weight excluding hydrogens is 184 g/mol. The molecule has 0 spiro atoms. The Morgan fingerprint density at radius 2 is 1.73 bits per heavy atom. The highest BCUT2D eigenvalue weighted by molar-refractivity contribution is 5.40. The average molecular weight is 194 g/mol. The molecule has 72 valence electrons. The Balaban J connectivity index is 2.70. The summed E-state index contributed by atoms with van der Waals surface area (Å²) in [7, 11) is 1.69. The predicted molar refractivity (Wildman–Crippen MR) is 58.9 cm³/mol. The van der Waals surface area contributed by atoms with E-state index in [0.29, 0.717) is 0 Å². The van der Waals surface area contributed by atoms with Gasteiger partial charge in [0, 0.05) is 10.4 Å². The molecule has 2 aromatic rings. The minimum atomic E-state index is 0.892. The van der Waals surface area contributed by atoms with E-state index in [-0.39, 0.29) is 0 Å². The molecule has 0 fully saturated rings. The molecule has 15 heavy (non-hydrogen) atoms. The second kappa shape index (κ2) is 3.01. The van der Waals surface area contributed by atoms with Crippen molar-refractivity contribution < 1.29 is 4.74 Å². The third-order valence-corrected chi connectivity index (χ3v) is 2.72. The lowest BCUT2D eigenvalue weighted by Crippen LogP contribution is -2.04. The summed E-state index contributed by atoms with van der Waals surface area (Å²) >= 11 is 0. The van der Waals surface area contributed by atoms with Gasteiger partial charge >= 0.3 is 0 Å². The van der Waals surface area contributed by atoms with Crippen molar-refractivity contribution in [3.05, 3.63) is 63.3 Å². The molecule has 0 saturated carbocycles. The zero-order valence-corrected chi connectivity index (χ0v) is 8.45. The van der Waals surface area contributed by atoms with Crippen LogP contribution in [-0.4, -0.2) is 7.11 Å². The van der Waals surface area contributed by atoms with Crippen LogP contribution < -0.4 is 15.2 Å². The van der Waals surface area contributed by atoms with Crippen LogP contribution >= 0.6 is 0 Å². The first-order valence-corrected chi connectivity index (χ1v) is 4.93. The molecule has 0 radical (unpaired) electrons. The third kappa shape index (κ3) is 1.11. The second-order valence-electron chi connectivity index (χ2n) is 3.55. The monoisotopic (exact) mass is 194 g/mol. The van der Waals surface area contributed by atoms with Crippen LogP contribution in [0.5, 0.6) is 5.75 Å². The summed E-state index contributed by atoms with van der Waals surface area (Å²) in [5.41, 5.74) is 3.37. The summed E-state index contributed by atoms with van der Waals surface area (Å²) in [6.45, 7) is 0. The SMILES string of the molecule is COc1cccc2c1=C=c1ccccc1=2. The van der Waals surface area contributed by atoms with E-state index in [1.54, 1.807) is 7.11 Å². The molecular formula is C14H10O. The van der Waals surface area contributed by atoms with E-state index in [4.69, 9.17) is 4.74 Å². The minimum absolute atomic E-state index is 0.892.